The third-order valence-electron chi connectivity index (χ3n) is 5.95. The second kappa shape index (κ2) is 8.23. The molecule has 1 aliphatic rings. The van der Waals surface area contributed by atoms with Gasteiger partial charge in [0.15, 0.2) is 5.82 Å². The van der Waals surface area contributed by atoms with E-state index in [1.165, 1.54) is 6.07 Å². The molecule has 2 atom stereocenters. The molecule has 7 nitrogen and oxygen atoms in total. The van der Waals surface area contributed by atoms with Crippen LogP contribution >= 0.6 is 0 Å². The molecule has 0 spiro atoms. The van der Waals surface area contributed by atoms with Gasteiger partial charge in [-0.05, 0) is 40.1 Å². The average molecular weight is 435 g/mol. The summed E-state index contributed by atoms with van der Waals surface area (Å²) in [5, 5.41) is 19.6. The Morgan fingerprint density at radius 1 is 1.06 bits per heavy atom. The maximum Gasteiger partial charge on any atom is 0.173 e. The number of tetrazole rings is 1. The van der Waals surface area contributed by atoms with E-state index in [1.807, 2.05) is 36.5 Å². The standard InChI is InChI=1S/C23H23F2N7/c1-14(2)20-18(13-26-27-20)21(15-6-4-3-5-7-15)31-10-11-32-23(28-29-30-32)22(31)17-12-16(24)8-9-19(17)25/h3-9,12-14,21-22H,10-11H2,1-2H3,(H,26,27). The fraction of sp³-hybridized carbons (Fsp3) is 0.304. The Kier molecular flexibility index (Phi) is 5.26. The van der Waals surface area contributed by atoms with Crippen molar-refractivity contribution < 1.29 is 8.78 Å². The zero-order valence-corrected chi connectivity index (χ0v) is 17.8. The van der Waals surface area contributed by atoms with E-state index in [9.17, 15) is 4.39 Å². The van der Waals surface area contributed by atoms with Gasteiger partial charge in [-0.1, -0.05) is 44.2 Å². The molecule has 32 heavy (non-hydrogen) atoms. The van der Waals surface area contributed by atoms with E-state index in [0.717, 1.165) is 29.0 Å². The normalized spacial score (nSPS) is 17.5. The molecule has 0 bridgehead atoms. The Labute approximate surface area is 184 Å². The molecule has 2 unspecified atom stereocenters. The minimum atomic E-state index is -0.672. The Hall–Kier alpha value is -3.46. The highest BCUT2D eigenvalue weighted by Crippen LogP contribution is 2.42. The fourth-order valence-electron chi connectivity index (χ4n) is 4.55. The lowest BCUT2D eigenvalue weighted by molar-refractivity contribution is 0.132. The number of halogens is 2. The van der Waals surface area contributed by atoms with Crippen molar-refractivity contribution in [3.63, 3.8) is 0 Å². The molecule has 0 aliphatic carbocycles. The van der Waals surface area contributed by atoms with E-state index in [1.54, 1.807) is 4.68 Å². The summed E-state index contributed by atoms with van der Waals surface area (Å²) in [4.78, 5) is 2.13. The number of hydrogen-bond donors (Lipinski definition) is 1. The summed E-state index contributed by atoms with van der Waals surface area (Å²) in [6.45, 7) is 5.25. The number of H-pyrrole nitrogens is 1. The maximum absolute atomic E-state index is 15.1. The minimum Gasteiger partial charge on any atom is -0.285 e. The highest BCUT2D eigenvalue weighted by molar-refractivity contribution is 5.37. The molecule has 2 aromatic carbocycles. The SMILES string of the molecule is CC(C)c1n[nH]cc1C(c1ccccc1)N1CCn2nnnc2C1c1cc(F)ccc1F. The summed E-state index contributed by atoms with van der Waals surface area (Å²) >= 11 is 0. The predicted octanol–water partition coefficient (Wildman–Crippen LogP) is 3.99. The van der Waals surface area contributed by atoms with Crippen LogP contribution in [0.15, 0.2) is 54.7 Å². The molecule has 164 valence electrons. The number of aromatic amines is 1. The molecule has 5 rings (SSSR count). The van der Waals surface area contributed by atoms with Gasteiger partial charge in [0.1, 0.15) is 17.7 Å². The number of hydrogen-bond acceptors (Lipinski definition) is 5. The van der Waals surface area contributed by atoms with Crippen LogP contribution in [0.5, 0.6) is 0 Å². The zero-order chi connectivity index (χ0) is 22.2. The molecule has 0 saturated carbocycles. The van der Waals surface area contributed by atoms with Crippen molar-refractivity contribution in [3.8, 4) is 0 Å². The van der Waals surface area contributed by atoms with E-state index < -0.39 is 17.7 Å². The average Bonchev–Trinajstić information content (AvgIpc) is 3.46. The first-order valence-corrected chi connectivity index (χ1v) is 10.6. The van der Waals surface area contributed by atoms with Gasteiger partial charge in [0.25, 0.3) is 0 Å². The van der Waals surface area contributed by atoms with Crippen molar-refractivity contribution in [3.05, 3.63) is 94.6 Å². The van der Waals surface area contributed by atoms with Crippen LogP contribution in [-0.4, -0.2) is 41.8 Å². The molecule has 0 fully saturated rings. The monoisotopic (exact) mass is 435 g/mol. The number of rotatable bonds is 5. The van der Waals surface area contributed by atoms with Crippen LogP contribution in [0.1, 0.15) is 60.1 Å². The largest absolute Gasteiger partial charge is 0.285 e. The molecule has 9 heteroatoms. The van der Waals surface area contributed by atoms with Crippen LogP contribution in [0.4, 0.5) is 8.78 Å². The van der Waals surface area contributed by atoms with Crippen LogP contribution in [0.25, 0.3) is 0 Å². The van der Waals surface area contributed by atoms with E-state index in [0.29, 0.717) is 18.9 Å². The van der Waals surface area contributed by atoms with Crippen molar-refractivity contribution in [2.24, 2.45) is 0 Å². The molecular weight excluding hydrogens is 412 g/mol. The third kappa shape index (κ3) is 3.48. The first-order chi connectivity index (χ1) is 15.5. The van der Waals surface area contributed by atoms with E-state index in [-0.39, 0.29) is 17.5 Å². The van der Waals surface area contributed by atoms with Crippen molar-refractivity contribution in [2.75, 3.05) is 6.54 Å². The summed E-state index contributed by atoms with van der Waals surface area (Å²) in [6, 6.07) is 12.6. The third-order valence-corrected chi connectivity index (χ3v) is 5.95. The van der Waals surface area contributed by atoms with Gasteiger partial charge in [-0.3, -0.25) is 10.00 Å². The number of benzene rings is 2. The molecule has 0 saturated heterocycles. The summed E-state index contributed by atoms with van der Waals surface area (Å²) in [6.07, 6.45) is 1.89. The van der Waals surface area contributed by atoms with E-state index >= 15 is 4.39 Å². The minimum absolute atomic E-state index is 0.182. The van der Waals surface area contributed by atoms with Gasteiger partial charge in [0, 0.05) is 23.9 Å². The quantitative estimate of drug-likeness (QED) is 0.513. The van der Waals surface area contributed by atoms with Crippen LogP contribution in [0.3, 0.4) is 0 Å². The van der Waals surface area contributed by atoms with Crippen LogP contribution in [-0.2, 0) is 6.54 Å². The highest BCUT2D eigenvalue weighted by atomic mass is 19.1. The van der Waals surface area contributed by atoms with Crippen molar-refractivity contribution >= 4 is 0 Å². The van der Waals surface area contributed by atoms with E-state index in [4.69, 9.17) is 0 Å². The van der Waals surface area contributed by atoms with Gasteiger partial charge in [-0.25, -0.2) is 13.5 Å². The lowest BCUT2D eigenvalue weighted by atomic mass is 9.90. The Bertz CT molecular complexity index is 1220. The lowest BCUT2D eigenvalue weighted by Crippen LogP contribution is -2.42. The maximum atomic E-state index is 15.1. The van der Waals surface area contributed by atoms with Gasteiger partial charge in [0.05, 0.1) is 18.3 Å². The summed E-state index contributed by atoms with van der Waals surface area (Å²) in [5.41, 5.74) is 3.16. The fourth-order valence-corrected chi connectivity index (χ4v) is 4.55. The first kappa shape index (κ1) is 20.4. The number of nitrogens with zero attached hydrogens (tertiary/aromatic N) is 6. The van der Waals surface area contributed by atoms with Crippen molar-refractivity contribution in [1.29, 1.82) is 0 Å². The smallest absolute Gasteiger partial charge is 0.173 e. The predicted molar refractivity (Wildman–Crippen MR) is 114 cm³/mol. The second-order valence-corrected chi connectivity index (χ2v) is 8.26. The van der Waals surface area contributed by atoms with Gasteiger partial charge in [-0.15, -0.1) is 5.10 Å². The van der Waals surface area contributed by atoms with Gasteiger partial charge < -0.3 is 0 Å². The molecule has 0 radical (unpaired) electrons. The van der Waals surface area contributed by atoms with Crippen LogP contribution in [0.2, 0.25) is 0 Å². The van der Waals surface area contributed by atoms with Gasteiger partial charge in [-0.2, -0.15) is 5.10 Å². The molecular formula is C23H23F2N7. The highest BCUT2D eigenvalue weighted by Gasteiger charge is 2.40. The van der Waals surface area contributed by atoms with Crippen LogP contribution in [0, 0.1) is 11.6 Å². The molecule has 4 aromatic rings. The number of fused-ring (bicyclic) bond motifs is 1. The Morgan fingerprint density at radius 3 is 2.66 bits per heavy atom. The number of aromatic nitrogens is 6. The Morgan fingerprint density at radius 2 is 1.88 bits per heavy atom. The van der Waals surface area contributed by atoms with Crippen molar-refractivity contribution in [1.82, 2.24) is 35.3 Å². The topological polar surface area (TPSA) is 75.5 Å². The molecule has 1 aliphatic heterocycles. The second-order valence-electron chi connectivity index (χ2n) is 8.26. The first-order valence-electron chi connectivity index (χ1n) is 10.6. The van der Waals surface area contributed by atoms with Crippen LogP contribution < -0.4 is 0 Å². The number of nitrogens with one attached hydrogen (secondary N) is 1. The molecule has 0 amide bonds. The summed E-state index contributed by atoms with van der Waals surface area (Å²) < 4.78 is 31.0. The van der Waals surface area contributed by atoms with Crippen molar-refractivity contribution in [2.45, 2.75) is 38.4 Å². The molecule has 1 N–H and O–H groups in total. The molecule has 2 aromatic heterocycles. The summed E-state index contributed by atoms with van der Waals surface area (Å²) in [7, 11) is 0. The Balaban J connectivity index is 1.72. The molecule has 3 heterocycles. The summed E-state index contributed by atoms with van der Waals surface area (Å²) in [5.74, 6) is -0.340. The zero-order valence-electron chi connectivity index (χ0n) is 17.8. The van der Waals surface area contributed by atoms with E-state index in [2.05, 4.69) is 44.5 Å². The lowest BCUT2D eigenvalue weighted by Gasteiger charge is -2.41. The van der Waals surface area contributed by atoms with Gasteiger partial charge in [0.2, 0.25) is 0 Å². The van der Waals surface area contributed by atoms with Gasteiger partial charge >= 0.3 is 0 Å².